The first-order valence-electron chi connectivity index (χ1n) is 9.12. The minimum atomic E-state index is -0.720. The van der Waals surface area contributed by atoms with E-state index in [0.29, 0.717) is 22.2 Å². The molecule has 27 heavy (non-hydrogen) atoms. The highest BCUT2D eigenvalue weighted by atomic mass is 35.5. The maximum absolute atomic E-state index is 10.9. The van der Waals surface area contributed by atoms with E-state index >= 15 is 0 Å². The lowest BCUT2D eigenvalue weighted by Crippen LogP contribution is -3.12. The largest absolute Gasteiger partial charge is 0.481 e. The second-order valence-corrected chi connectivity index (χ2v) is 8.31. The van der Waals surface area contributed by atoms with Gasteiger partial charge in [-0.15, -0.1) is 0 Å². The smallest absolute Gasteiger partial charge is 0.309 e. The highest BCUT2D eigenvalue weighted by Gasteiger charge is 2.51. The van der Waals surface area contributed by atoms with E-state index in [1.54, 1.807) is 12.1 Å². The lowest BCUT2D eigenvalue weighted by molar-refractivity contribution is -0.918. The first-order chi connectivity index (χ1) is 13.0. The van der Waals surface area contributed by atoms with Crippen LogP contribution in [0.25, 0.3) is 0 Å². The first kappa shape index (κ1) is 18.4. The Kier molecular flexibility index (Phi) is 4.90. The molecule has 4 rings (SSSR count). The van der Waals surface area contributed by atoms with Gasteiger partial charge in [-0.3, -0.25) is 4.79 Å². The van der Waals surface area contributed by atoms with Crippen LogP contribution in [0.15, 0.2) is 36.4 Å². The Morgan fingerprint density at radius 3 is 2.56 bits per heavy atom. The molecule has 1 heterocycles. The second kappa shape index (κ2) is 7.20. The van der Waals surface area contributed by atoms with Gasteiger partial charge in [0.25, 0.3) is 0 Å². The highest BCUT2D eigenvalue weighted by Crippen LogP contribution is 2.49. The molecule has 2 aromatic carbocycles. The Bertz CT molecular complexity index is 950. The summed E-state index contributed by atoms with van der Waals surface area (Å²) < 4.78 is 0. The SMILES string of the molecule is O=C(O)CC[NH+]1Cc2ccc(C#Cc3c(Cl)cccc3Cl)cc2C2(CC2)C1. The number of fused-ring (bicyclic) bond motifs is 2. The molecule has 2 aromatic rings. The number of carboxylic acids is 1. The molecule has 0 bridgehead atoms. The van der Waals surface area contributed by atoms with Crippen LogP contribution in [-0.2, 0) is 16.8 Å². The molecule has 3 nitrogen and oxygen atoms in total. The Morgan fingerprint density at radius 2 is 1.89 bits per heavy atom. The molecule has 1 atom stereocenters. The standard InChI is InChI=1S/C22H19Cl2NO2/c23-19-2-1-3-20(24)17(19)7-5-15-4-6-16-13-25(11-8-21(26)27)14-22(9-10-22)18(16)12-15/h1-4,6,12H,8-11,13-14H2,(H,26,27)/p+1. The van der Waals surface area contributed by atoms with Crippen molar-refractivity contribution in [1.29, 1.82) is 0 Å². The first-order valence-corrected chi connectivity index (χ1v) is 9.87. The van der Waals surface area contributed by atoms with Gasteiger partial charge >= 0.3 is 5.97 Å². The van der Waals surface area contributed by atoms with E-state index in [1.165, 1.54) is 28.9 Å². The van der Waals surface area contributed by atoms with Gasteiger partial charge in [0.15, 0.2) is 0 Å². The third-order valence-electron chi connectivity index (χ3n) is 5.55. The number of rotatable bonds is 3. The molecule has 1 aliphatic carbocycles. The number of nitrogens with one attached hydrogen (secondary N) is 1. The highest BCUT2D eigenvalue weighted by molar-refractivity contribution is 6.36. The Morgan fingerprint density at radius 1 is 1.15 bits per heavy atom. The molecule has 1 fully saturated rings. The van der Waals surface area contributed by atoms with Crippen LogP contribution in [0.4, 0.5) is 0 Å². The molecule has 0 amide bonds. The van der Waals surface area contributed by atoms with E-state index in [1.807, 2.05) is 12.1 Å². The second-order valence-electron chi connectivity index (χ2n) is 7.50. The summed E-state index contributed by atoms with van der Waals surface area (Å²) in [5, 5.41) is 10.1. The maximum Gasteiger partial charge on any atom is 0.309 e. The lowest BCUT2D eigenvalue weighted by atomic mass is 9.85. The van der Waals surface area contributed by atoms with Crippen molar-refractivity contribution < 1.29 is 14.8 Å². The summed E-state index contributed by atoms with van der Waals surface area (Å²) in [6, 6.07) is 11.8. The third-order valence-corrected chi connectivity index (χ3v) is 6.18. The molecular weight excluding hydrogens is 381 g/mol. The van der Waals surface area contributed by atoms with Crippen LogP contribution < -0.4 is 4.90 Å². The van der Waals surface area contributed by atoms with E-state index in [-0.39, 0.29) is 11.8 Å². The van der Waals surface area contributed by atoms with Crippen LogP contribution in [0, 0.1) is 11.8 Å². The van der Waals surface area contributed by atoms with Gasteiger partial charge in [-0.25, -0.2) is 0 Å². The fourth-order valence-electron chi connectivity index (χ4n) is 4.02. The number of aliphatic carboxylic acids is 1. The summed E-state index contributed by atoms with van der Waals surface area (Å²) in [5.41, 5.74) is 4.54. The summed E-state index contributed by atoms with van der Waals surface area (Å²) in [6.07, 6.45) is 2.57. The van der Waals surface area contributed by atoms with E-state index in [0.717, 1.165) is 18.7 Å². The van der Waals surface area contributed by atoms with Crippen LogP contribution in [0.5, 0.6) is 0 Å². The zero-order chi connectivity index (χ0) is 19.0. The molecule has 1 unspecified atom stereocenters. The molecule has 2 N–H and O–H groups in total. The number of carbonyl (C=O) groups is 1. The summed E-state index contributed by atoms with van der Waals surface area (Å²) in [7, 11) is 0. The fourth-order valence-corrected chi connectivity index (χ4v) is 4.51. The van der Waals surface area contributed by atoms with Gasteiger partial charge in [-0.1, -0.05) is 47.2 Å². The Labute approximate surface area is 168 Å². The van der Waals surface area contributed by atoms with Crippen molar-refractivity contribution in [2.75, 3.05) is 13.1 Å². The average molecular weight is 401 g/mol. The zero-order valence-corrected chi connectivity index (χ0v) is 16.3. The molecule has 0 aromatic heterocycles. The van der Waals surface area contributed by atoms with Crippen molar-refractivity contribution in [3.05, 3.63) is 68.7 Å². The predicted molar refractivity (Wildman–Crippen MR) is 106 cm³/mol. The Balaban J connectivity index is 1.60. The van der Waals surface area contributed by atoms with Crippen LogP contribution in [0.3, 0.4) is 0 Å². The van der Waals surface area contributed by atoms with Crippen molar-refractivity contribution in [3.63, 3.8) is 0 Å². The van der Waals surface area contributed by atoms with Crippen LogP contribution in [0.1, 0.15) is 41.5 Å². The van der Waals surface area contributed by atoms with Crippen molar-refractivity contribution in [1.82, 2.24) is 0 Å². The van der Waals surface area contributed by atoms with E-state index in [2.05, 4.69) is 24.0 Å². The lowest BCUT2D eigenvalue weighted by Gasteiger charge is -2.32. The molecule has 5 heteroatoms. The number of quaternary nitrogens is 1. The van der Waals surface area contributed by atoms with Crippen LogP contribution >= 0.6 is 23.2 Å². The van der Waals surface area contributed by atoms with Gasteiger partial charge < -0.3 is 10.0 Å². The molecule has 2 aliphatic rings. The van der Waals surface area contributed by atoms with Crippen molar-refractivity contribution in [2.45, 2.75) is 31.2 Å². The van der Waals surface area contributed by atoms with Gasteiger partial charge in [-0.2, -0.15) is 0 Å². The minimum Gasteiger partial charge on any atom is -0.481 e. The van der Waals surface area contributed by atoms with Crippen LogP contribution in [0.2, 0.25) is 10.0 Å². The van der Waals surface area contributed by atoms with Gasteiger partial charge in [0.05, 0.1) is 35.1 Å². The Hall–Kier alpha value is -1.99. The van der Waals surface area contributed by atoms with Crippen molar-refractivity contribution in [2.24, 2.45) is 0 Å². The van der Waals surface area contributed by atoms with Crippen LogP contribution in [-0.4, -0.2) is 24.2 Å². The maximum atomic E-state index is 10.9. The summed E-state index contributed by atoms with van der Waals surface area (Å²) in [6.45, 7) is 2.58. The van der Waals surface area contributed by atoms with Gasteiger partial charge in [0.2, 0.25) is 0 Å². The number of carboxylic acid groups (broad SMARTS) is 1. The topological polar surface area (TPSA) is 41.7 Å². The third kappa shape index (κ3) is 3.84. The molecule has 0 saturated heterocycles. The van der Waals surface area contributed by atoms with E-state index in [9.17, 15) is 4.79 Å². The monoisotopic (exact) mass is 400 g/mol. The zero-order valence-electron chi connectivity index (χ0n) is 14.8. The summed E-state index contributed by atoms with van der Waals surface area (Å²) in [4.78, 5) is 12.3. The van der Waals surface area contributed by atoms with E-state index in [4.69, 9.17) is 28.3 Å². The number of hydrogen-bond donors (Lipinski definition) is 2. The predicted octanol–water partition coefficient (Wildman–Crippen LogP) is 3.30. The minimum absolute atomic E-state index is 0.209. The molecule has 1 saturated carbocycles. The fraction of sp³-hybridized carbons (Fsp3) is 0.318. The molecular formula is C22H20Cl2NO2+. The molecule has 138 valence electrons. The van der Waals surface area contributed by atoms with E-state index < -0.39 is 5.97 Å². The quantitative estimate of drug-likeness (QED) is 0.776. The van der Waals surface area contributed by atoms with Gasteiger partial charge in [-0.05, 0) is 42.7 Å². The van der Waals surface area contributed by atoms with Gasteiger partial charge in [0, 0.05) is 16.5 Å². The number of benzene rings is 2. The molecule has 1 spiro atoms. The van der Waals surface area contributed by atoms with Crippen molar-refractivity contribution in [3.8, 4) is 11.8 Å². The summed E-state index contributed by atoms with van der Waals surface area (Å²) >= 11 is 12.4. The van der Waals surface area contributed by atoms with Gasteiger partial charge in [0.1, 0.15) is 6.54 Å². The van der Waals surface area contributed by atoms with Crippen molar-refractivity contribution >= 4 is 29.2 Å². The summed E-state index contributed by atoms with van der Waals surface area (Å²) in [5.74, 6) is 5.60. The number of halogens is 2. The normalized spacial score (nSPS) is 19.1. The molecule has 0 radical (unpaired) electrons. The molecule has 1 aliphatic heterocycles. The number of hydrogen-bond acceptors (Lipinski definition) is 1. The average Bonchev–Trinajstić information content (AvgIpc) is 3.40.